The van der Waals surface area contributed by atoms with Crippen LogP contribution in [0.25, 0.3) is 0 Å². The molecule has 0 saturated heterocycles. The average molecular weight is 481 g/mol. The summed E-state index contributed by atoms with van der Waals surface area (Å²) >= 11 is 0. The number of fused-ring (bicyclic) bond motifs is 1. The van der Waals surface area contributed by atoms with Gasteiger partial charge in [-0.25, -0.2) is 4.98 Å². The summed E-state index contributed by atoms with van der Waals surface area (Å²) in [6.07, 6.45) is 1.49. The van der Waals surface area contributed by atoms with Crippen molar-refractivity contribution in [1.29, 1.82) is 0 Å². The van der Waals surface area contributed by atoms with Crippen molar-refractivity contribution >= 4 is 11.6 Å². The summed E-state index contributed by atoms with van der Waals surface area (Å²) in [6, 6.07) is 28.6. The molecule has 2 heterocycles. The van der Waals surface area contributed by atoms with Gasteiger partial charge in [0.05, 0.1) is 25.6 Å². The normalized spacial score (nSPS) is 13.4. The van der Waals surface area contributed by atoms with Crippen LogP contribution >= 0.6 is 0 Å². The molecule has 0 unspecified atom stereocenters. The third kappa shape index (κ3) is 5.19. The average Bonchev–Trinajstić information content (AvgIpc) is 2.92. The predicted molar refractivity (Wildman–Crippen MR) is 144 cm³/mol. The van der Waals surface area contributed by atoms with E-state index in [-0.39, 0.29) is 5.56 Å². The van der Waals surface area contributed by atoms with Gasteiger partial charge in [0, 0.05) is 24.2 Å². The molecule has 0 atom stereocenters. The maximum absolute atomic E-state index is 13.8. The summed E-state index contributed by atoms with van der Waals surface area (Å²) in [5.41, 5.74) is 4.95. The standard InChI is InChI=1S/C30H32N4O2/c1-3-36-27-16-14-26(15-17-27)33-21-32(19-18-24-10-6-4-7-11-24)22-34-29(35)28(23(2)31-30(33)34)20-25-12-8-5-9-13-25/h4-17H,3,18-22H2,1-2H3. The molecule has 0 saturated carbocycles. The first-order chi connectivity index (χ1) is 17.6. The largest absolute Gasteiger partial charge is 0.494 e. The molecule has 0 bridgehead atoms. The third-order valence-corrected chi connectivity index (χ3v) is 6.62. The monoisotopic (exact) mass is 480 g/mol. The highest BCUT2D eigenvalue weighted by molar-refractivity contribution is 5.59. The van der Waals surface area contributed by atoms with Gasteiger partial charge in [-0.2, -0.15) is 0 Å². The van der Waals surface area contributed by atoms with Gasteiger partial charge in [0.15, 0.2) is 0 Å². The van der Waals surface area contributed by atoms with Crippen molar-refractivity contribution in [3.8, 4) is 5.75 Å². The van der Waals surface area contributed by atoms with Crippen molar-refractivity contribution in [2.24, 2.45) is 0 Å². The summed E-state index contributed by atoms with van der Waals surface area (Å²) in [4.78, 5) is 23.2. The van der Waals surface area contributed by atoms with E-state index in [1.165, 1.54) is 5.56 Å². The third-order valence-electron chi connectivity index (χ3n) is 6.62. The Kier molecular flexibility index (Phi) is 7.14. The minimum Gasteiger partial charge on any atom is -0.494 e. The second kappa shape index (κ2) is 10.8. The molecule has 3 aromatic carbocycles. The number of hydrogen-bond acceptors (Lipinski definition) is 5. The first-order valence-corrected chi connectivity index (χ1v) is 12.5. The minimum absolute atomic E-state index is 0.0294. The second-order valence-electron chi connectivity index (χ2n) is 9.14. The van der Waals surface area contributed by atoms with Gasteiger partial charge in [-0.3, -0.25) is 19.2 Å². The highest BCUT2D eigenvalue weighted by Gasteiger charge is 2.28. The smallest absolute Gasteiger partial charge is 0.259 e. The number of hydrogen-bond donors (Lipinski definition) is 0. The molecule has 6 nitrogen and oxygen atoms in total. The van der Waals surface area contributed by atoms with E-state index in [1.54, 1.807) is 0 Å². The van der Waals surface area contributed by atoms with Crippen molar-refractivity contribution in [3.63, 3.8) is 0 Å². The highest BCUT2D eigenvalue weighted by atomic mass is 16.5. The molecule has 0 N–H and O–H groups in total. The Morgan fingerprint density at radius 3 is 2.19 bits per heavy atom. The van der Waals surface area contributed by atoms with Crippen LogP contribution in [0.1, 0.15) is 29.3 Å². The summed E-state index contributed by atoms with van der Waals surface area (Å²) in [7, 11) is 0. The second-order valence-corrected chi connectivity index (χ2v) is 9.14. The Hall–Kier alpha value is -3.90. The van der Waals surface area contributed by atoms with Gasteiger partial charge in [-0.05, 0) is 55.7 Å². The fourth-order valence-electron chi connectivity index (χ4n) is 4.69. The van der Waals surface area contributed by atoms with Crippen molar-refractivity contribution in [2.45, 2.75) is 33.4 Å². The van der Waals surface area contributed by atoms with Crippen LogP contribution in [-0.4, -0.2) is 34.3 Å². The van der Waals surface area contributed by atoms with Crippen LogP contribution in [0.3, 0.4) is 0 Å². The number of anilines is 2. The zero-order chi connectivity index (χ0) is 24.9. The van der Waals surface area contributed by atoms with Gasteiger partial charge >= 0.3 is 0 Å². The Bertz CT molecular complexity index is 1350. The summed E-state index contributed by atoms with van der Waals surface area (Å²) in [5.74, 6) is 1.52. The molecule has 5 rings (SSSR count). The van der Waals surface area contributed by atoms with E-state index in [0.717, 1.165) is 41.2 Å². The predicted octanol–water partition coefficient (Wildman–Crippen LogP) is 5.15. The number of rotatable bonds is 8. The SMILES string of the molecule is CCOc1ccc(N2CN(CCc3ccccc3)Cn3c2nc(C)c(Cc2ccccc2)c3=O)cc1. The van der Waals surface area contributed by atoms with Crippen LogP contribution in [0, 0.1) is 6.92 Å². The van der Waals surface area contributed by atoms with E-state index in [9.17, 15) is 4.79 Å². The first kappa shape index (κ1) is 23.8. The molecule has 184 valence electrons. The summed E-state index contributed by atoms with van der Waals surface area (Å²) in [5, 5.41) is 0. The fourth-order valence-corrected chi connectivity index (χ4v) is 4.69. The van der Waals surface area contributed by atoms with E-state index in [4.69, 9.17) is 9.72 Å². The Morgan fingerprint density at radius 2 is 1.53 bits per heavy atom. The topological polar surface area (TPSA) is 50.6 Å². The quantitative estimate of drug-likeness (QED) is 0.349. The van der Waals surface area contributed by atoms with Gasteiger partial charge in [0.2, 0.25) is 5.95 Å². The zero-order valence-corrected chi connectivity index (χ0v) is 20.9. The molecular formula is C30H32N4O2. The zero-order valence-electron chi connectivity index (χ0n) is 20.9. The maximum Gasteiger partial charge on any atom is 0.259 e. The number of aromatic nitrogens is 2. The Morgan fingerprint density at radius 1 is 0.861 bits per heavy atom. The summed E-state index contributed by atoms with van der Waals surface area (Å²) < 4.78 is 7.47. The van der Waals surface area contributed by atoms with Gasteiger partial charge in [-0.15, -0.1) is 0 Å². The molecule has 1 aromatic heterocycles. The molecule has 0 amide bonds. The van der Waals surface area contributed by atoms with Crippen LogP contribution in [0.4, 0.5) is 11.6 Å². The van der Waals surface area contributed by atoms with Gasteiger partial charge < -0.3 is 4.74 Å². The Balaban J connectivity index is 1.50. The lowest BCUT2D eigenvalue weighted by Crippen LogP contribution is -2.48. The molecule has 1 aliphatic rings. The van der Waals surface area contributed by atoms with E-state index in [2.05, 4.69) is 46.2 Å². The Labute approximate surface area is 212 Å². The van der Waals surface area contributed by atoms with Crippen LogP contribution < -0.4 is 15.2 Å². The van der Waals surface area contributed by atoms with Crippen molar-refractivity contribution in [1.82, 2.24) is 14.5 Å². The molecule has 4 aromatic rings. The molecule has 36 heavy (non-hydrogen) atoms. The van der Waals surface area contributed by atoms with E-state index in [0.29, 0.717) is 32.3 Å². The number of benzene rings is 3. The molecule has 0 radical (unpaired) electrons. The van der Waals surface area contributed by atoms with E-state index in [1.807, 2.05) is 66.9 Å². The van der Waals surface area contributed by atoms with E-state index >= 15 is 0 Å². The summed E-state index contributed by atoms with van der Waals surface area (Å²) in [6.45, 7) is 6.56. The van der Waals surface area contributed by atoms with Crippen molar-refractivity contribution in [2.75, 3.05) is 24.7 Å². The first-order valence-electron chi connectivity index (χ1n) is 12.5. The van der Waals surface area contributed by atoms with Gasteiger partial charge in [-0.1, -0.05) is 60.7 Å². The maximum atomic E-state index is 13.8. The van der Waals surface area contributed by atoms with Crippen LogP contribution in [0.15, 0.2) is 89.7 Å². The van der Waals surface area contributed by atoms with Crippen molar-refractivity contribution in [3.05, 3.63) is 118 Å². The van der Waals surface area contributed by atoms with Crippen LogP contribution in [-0.2, 0) is 19.5 Å². The van der Waals surface area contributed by atoms with Gasteiger partial charge in [0.25, 0.3) is 5.56 Å². The highest BCUT2D eigenvalue weighted by Crippen LogP contribution is 2.29. The fraction of sp³-hybridized carbons (Fsp3) is 0.267. The molecule has 1 aliphatic heterocycles. The van der Waals surface area contributed by atoms with Crippen LogP contribution in [0.5, 0.6) is 5.75 Å². The lowest BCUT2D eigenvalue weighted by Gasteiger charge is -2.38. The van der Waals surface area contributed by atoms with Crippen molar-refractivity contribution < 1.29 is 4.74 Å². The lowest BCUT2D eigenvalue weighted by atomic mass is 10.1. The minimum atomic E-state index is 0.0294. The molecule has 0 fully saturated rings. The molecule has 6 heteroatoms. The molecular weight excluding hydrogens is 448 g/mol. The van der Waals surface area contributed by atoms with E-state index < -0.39 is 0 Å². The number of nitrogens with zero attached hydrogens (tertiary/aromatic N) is 4. The molecule has 0 spiro atoms. The van der Waals surface area contributed by atoms with Crippen LogP contribution in [0.2, 0.25) is 0 Å². The lowest BCUT2D eigenvalue weighted by molar-refractivity contribution is 0.200. The van der Waals surface area contributed by atoms with Gasteiger partial charge in [0.1, 0.15) is 5.75 Å². The number of ether oxygens (including phenoxy) is 1. The number of aryl methyl sites for hydroxylation is 1. The molecule has 0 aliphatic carbocycles.